The molecule has 0 radical (unpaired) electrons. The normalized spacial score (nSPS) is 12.8. The number of unbranched alkanes of at least 4 members (excludes halogenated alkanes) is 1. The van der Waals surface area contributed by atoms with Gasteiger partial charge in [0.05, 0.1) is 6.61 Å². The van der Waals surface area contributed by atoms with E-state index in [4.69, 9.17) is 4.74 Å². The first-order valence-electron chi connectivity index (χ1n) is 10.9. The number of ether oxygens (including phenoxy) is 1. The third-order valence-electron chi connectivity index (χ3n) is 3.87. The molecule has 28 heavy (non-hydrogen) atoms. The Hall–Kier alpha value is -2.09. The van der Waals surface area contributed by atoms with Crippen molar-refractivity contribution in [1.29, 1.82) is 0 Å². The predicted molar refractivity (Wildman–Crippen MR) is 123 cm³/mol. The quantitative estimate of drug-likeness (QED) is 0.145. The van der Waals surface area contributed by atoms with Gasteiger partial charge in [-0.15, -0.1) is 0 Å². The van der Waals surface area contributed by atoms with Crippen LogP contribution in [0.2, 0.25) is 0 Å². The van der Waals surface area contributed by atoms with Crippen molar-refractivity contribution in [2.24, 2.45) is 0 Å². The van der Waals surface area contributed by atoms with Crippen LogP contribution in [0.5, 0.6) is 0 Å². The molecular formula is C26H40O2. The fourth-order valence-electron chi connectivity index (χ4n) is 2.24. The van der Waals surface area contributed by atoms with Gasteiger partial charge in [-0.2, -0.15) is 0 Å². The molecule has 0 saturated heterocycles. The Morgan fingerprint density at radius 1 is 0.643 bits per heavy atom. The topological polar surface area (TPSA) is 26.3 Å². The summed E-state index contributed by atoms with van der Waals surface area (Å²) < 4.78 is 5.11. The second-order valence-corrected chi connectivity index (χ2v) is 6.53. The Morgan fingerprint density at radius 2 is 1.07 bits per heavy atom. The summed E-state index contributed by atoms with van der Waals surface area (Å²) in [5, 5.41) is 0. The van der Waals surface area contributed by atoms with Crippen molar-refractivity contribution in [3.8, 4) is 0 Å². The highest BCUT2D eigenvalue weighted by Gasteiger charge is 1.99. The van der Waals surface area contributed by atoms with Crippen molar-refractivity contribution >= 4 is 5.97 Å². The predicted octanol–water partition coefficient (Wildman–Crippen LogP) is 7.81. The van der Waals surface area contributed by atoms with Crippen molar-refractivity contribution in [2.45, 2.75) is 78.1 Å². The van der Waals surface area contributed by atoms with Crippen molar-refractivity contribution < 1.29 is 9.53 Å². The van der Waals surface area contributed by atoms with Crippen LogP contribution in [-0.2, 0) is 9.53 Å². The molecule has 0 aromatic rings. The summed E-state index contributed by atoms with van der Waals surface area (Å²) in [7, 11) is 0. The molecule has 0 aliphatic carbocycles. The highest BCUT2D eigenvalue weighted by atomic mass is 16.5. The average molecular weight is 385 g/mol. The van der Waals surface area contributed by atoms with Gasteiger partial charge in [-0.1, -0.05) is 93.2 Å². The molecule has 0 bridgehead atoms. The number of esters is 1. The third-order valence-corrected chi connectivity index (χ3v) is 3.87. The van der Waals surface area contributed by atoms with Gasteiger partial charge in [-0.05, 0) is 51.4 Å². The van der Waals surface area contributed by atoms with Crippen molar-refractivity contribution in [2.75, 3.05) is 6.61 Å². The van der Waals surface area contributed by atoms with E-state index in [1.54, 1.807) is 0 Å². The number of allylic oxidation sites excluding steroid dienone is 12. The summed E-state index contributed by atoms with van der Waals surface area (Å²) in [5.41, 5.74) is 0. The fraction of sp³-hybridized carbons (Fsp3) is 0.500. The second kappa shape index (κ2) is 23.0. The summed E-state index contributed by atoms with van der Waals surface area (Å²) >= 11 is 0. The Morgan fingerprint density at radius 3 is 1.50 bits per heavy atom. The van der Waals surface area contributed by atoms with Gasteiger partial charge in [-0.3, -0.25) is 4.79 Å². The van der Waals surface area contributed by atoms with E-state index in [1.807, 2.05) is 0 Å². The number of rotatable bonds is 17. The molecule has 0 aromatic carbocycles. The van der Waals surface area contributed by atoms with E-state index in [9.17, 15) is 4.79 Å². The molecule has 2 heteroatoms. The molecule has 0 N–H and O–H groups in total. The van der Waals surface area contributed by atoms with Crippen molar-refractivity contribution in [3.63, 3.8) is 0 Å². The van der Waals surface area contributed by atoms with Crippen LogP contribution >= 0.6 is 0 Å². The Bertz CT molecular complexity index is 519. The second-order valence-electron chi connectivity index (χ2n) is 6.53. The van der Waals surface area contributed by atoms with E-state index in [0.717, 1.165) is 57.8 Å². The van der Waals surface area contributed by atoms with Crippen LogP contribution in [0.15, 0.2) is 72.9 Å². The van der Waals surface area contributed by atoms with E-state index in [1.165, 1.54) is 0 Å². The molecule has 0 unspecified atom stereocenters. The number of carbonyl (C=O) groups is 1. The summed E-state index contributed by atoms with van der Waals surface area (Å²) in [6, 6.07) is 0. The van der Waals surface area contributed by atoms with Crippen LogP contribution in [0.3, 0.4) is 0 Å². The van der Waals surface area contributed by atoms with Gasteiger partial charge in [0.2, 0.25) is 0 Å². The van der Waals surface area contributed by atoms with Crippen LogP contribution in [0.25, 0.3) is 0 Å². The van der Waals surface area contributed by atoms with Gasteiger partial charge < -0.3 is 4.74 Å². The smallest absolute Gasteiger partial charge is 0.306 e. The minimum Gasteiger partial charge on any atom is -0.466 e. The monoisotopic (exact) mass is 384 g/mol. The average Bonchev–Trinajstić information content (AvgIpc) is 2.70. The van der Waals surface area contributed by atoms with Crippen LogP contribution in [-0.4, -0.2) is 12.6 Å². The molecule has 0 amide bonds. The van der Waals surface area contributed by atoms with Gasteiger partial charge in [0.1, 0.15) is 0 Å². The molecule has 156 valence electrons. The summed E-state index contributed by atoms with van der Waals surface area (Å²) in [4.78, 5) is 11.4. The van der Waals surface area contributed by atoms with Gasteiger partial charge in [0, 0.05) is 6.42 Å². The molecule has 0 spiro atoms. The van der Waals surface area contributed by atoms with E-state index in [0.29, 0.717) is 13.0 Å². The Kier molecular flexibility index (Phi) is 21.2. The largest absolute Gasteiger partial charge is 0.466 e. The molecular weight excluding hydrogens is 344 g/mol. The molecule has 2 nitrogen and oxygen atoms in total. The Labute approximate surface area is 173 Å². The van der Waals surface area contributed by atoms with Gasteiger partial charge in [-0.25, -0.2) is 0 Å². The summed E-state index contributed by atoms with van der Waals surface area (Å²) in [6.07, 6.45) is 35.4. The zero-order valence-electron chi connectivity index (χ0n) is 18.0. The lowest BCUT2D eigenvalue weighted by molar-refractivity contribution is -0.143. The SMILES string of the molecule is CC/C=C\C/C=C\C/C=C\C/C=C\C/C=C\C/C=C\CCC(=O)OCCCC. The molecule has 0 fully saturated rings. The molecule has 0 heterocycles. The number of carbonyl (C=O) groups excluding carboxylic acids is 1. The third kappa shape index (κ3) is 22.0. The van der Waals surface area contributed by atoms with Gasteiger partial charge in [0.25, 0.3) is 0 Å². The number of hydrogen-bond donors (Lipinski definition) is 0. The van der Waals surface area contributed by atoms with E-state index in [2.05, 4.69) is 86.8 Å². The first-order valence-corrected chi connectivity index (χ1v) is 10.9. The maximum absolute atomic E-state index is 11.4. The zero-order valence-corrected chi connectivity index (χ0v) is 18.0. The maximum atomic E-state index is 11.4. The van der Waals surface area contributed by atoms with Crippen molar-refractivity contribution in [3.05, 3.63) is 72.9 Å². The molecule has 0 aliphatic rings. The van der Waals surface area contributed by atoms with E-state index >= 15 is 0 Å². The molecule has 0 rings (SSSR count). The summed E-state index contributed by atoms with van der Waals surface area (Å²) in [5.74, 6) is -0.0898. The highest BCUT2D eigenvalue weighted by molar-refractivity contribution is 5.69. The minimum atomic E-state index is -0.0898. The number of hydrogen-bond acceptors (Lipinski definition) is 2. The standard InChI is InChI=1S/C26H40O2/c1-3-5-7-8-9-10-11-12-13-14-15-16-17-18-19-20-21-22-23-24-26(27)28-25-6-4-2/h5,7,9-10,12-13,15-16,18-19,21-22H,3-4,6,8,11,14,17,20,23-25H2,1-2H3/b7-5-,10-9-,13-12-,16-15-,19-18-,22-21-. The van der Waals surface area contributed by atoms with Gasteiger partial charge >= 0.3 is 5.97 Å². The first-order chi connectivity index (χ1) is 13.8. The molecule has 0 saturated carbocycles. The maximum Gasteiger partial charge on any atom is 0.306 e. The van der Waals surface area contributed by atoms with Crippen LogP contribution in [0.4, 0.5) is 0 Å². The molecule has 0 atom stereocenters. The van der Waals surface area contributed by atoms with Crippen LogP contribution < -0.4 is 0 Å². The lowest BCUT2D eigenvalue weighted by atomic mass is 10.2. The highest BCUT2D eigenvalue weighted by Crippen LogP contribution is 1.99. The summed E-state index contributed by atoms with van der Waals surface area (Å²) in [6.45, 7) is 4.80. The lowest BCUT2D eigenvalue weighted by Gasteiger charge is -2.01. The Balaban J connectivity index is 3.54. The van der Waals surface area contributed by atoms with Crippen LogP contribution in [0, 0.1) is 0 Å². The van der Waals surface area contributed by atoms with E-state index < -0.39 is 0 Å². The molecule has 0 aliphatic heterocycles. The van der Waals surface area contributed by atoms with Gasteiger partial charge in [0.15, 0.2) is 0 Å². The minimum absolute atomic E-state index is 0.0898. The first kappa shape index (κ1) is 25.9. The van der Waals surface area contributed by atoms with Crippen molar-refractivity contribution in [1.82, 2.24) is 0 Å². The van der Waals surface area contributed by atoms with E-state index in [-0.39, 0.29) is 5.97 Å². The zero-order chi connectivity index (χ0) is 20.5. The lowest BCUT2D eigenvalue weighted by Crippen LogP contribution is -2.04. The fourth-order valence-corrected chi connectivity index (χ4v) is 2.24. The molecule has 0 aromatic heterocycles. The van der Waals surface area contributed by atoms with Crippen LogP contribution in [0.1, 0.15) is 78.1 Å².